The minimum Gasteiger partial charge on any atom is -0.309 e. The lowest BCUT2D eigenvalue weighted by Crippen LogP contribution is -2.59. The third-order valence-electron chi connectivity index (χ3n) is 6.98. The van der Waals surface area contributed by atoms with E-state index in [4.69, 9.17) is 0 Å². The largest absolute Gasteiger partial charge is 0.309 e. The number of Topliss-reactive ketones (excluding diaryl/α,β-unsaturated/α-hetero) is 1. The van der Waals surface area contributed by atoms with Crippen molar-refractivity contribution < 1.29 is 9.59 Å². The third kappa shape index (κ3) is 1.76. The van der Waals surface area contributed by atoms with Crippen molar-refractivity contribution in [2.24, 2.45) is 29.6 Å². The van der Waals surface area contributed by atoms with Gasteiger partial charge in [0.25, 0.3) is 0 Å². The van der Waals surface area contributed by atoms with Crippen LogP contribution in [0.4, 0.5) is 5.69 Å². The van der Waals surface area contributed by atoms with Gasteiger partial charge in [0, 0.05) is 29.5 Å². The van der Waals surface area contributed by atoms with Gasteiger partial charge in [-0.25, -0.2) is 0 Å². The summed E-state index contributed by atoms with van der Waals surface area (Å²) in [6.45, 7) is 0. The Bertz CT molecular complexity index is 655. The second-order valence-electron chi connectivity index (χ2n) is 7.85. The van der Waals surface area contributed by atoms with Gasteiger partial charge in [0.2, 0.25) is 5.91 Å². The van der Waals surface area contributed by atoms with E-state index >= 15 is 0 Å². The topological polar surface area (TPSA) is 37.4 Å². The summed E-state index contributed by atoms with van der Waals surface area (Å²) in [5.74, 6) is 2.06. The fourth-order valence-corrected chi connectivity index (χ4v) is 6.26. The summed E-state index contributed by atoms with van der Waals surface area (Å²) < 4.78 is 0. The molecule has 6 unspecified atom stereocenters. The highest BCUT2D eigenvalue weighted by atomic mass is 16.2. The maximum atomic E-state index is 13.3. The number of piperidine rings is 1. The van der Waals surface area contributed by atoms with Crippen molar-refractivity contribution >= 4 is 17.4 Å². The van der Waals surface area contributed by atoms with Crippen LogP contribution >= 0.6 is 0 Å². The molecule has 0 N–H and O–H groups in total. The highest BCUT2D eigenvalue weighted by Gasteiger charge is 2.62. The molecule has 3 nitrogen and oxygen atoms in total. The molecular formula is C20H23NO2. The van der Waals surface area contributed by atoms with Crippen molar-refractivity contribution in [1.29, 1.82) is 0 Å². The van der Waals surface area contributed by atoms with Gasteiger partial charge in [0.1, 0.15) is 5.78 Å². The molecule has 4 fully saturated rings. The van der Waals surface area contributed by atoms with E-state index in [9.17, 15) is 9.59 Å². The number of para-hydroxylation sites is 1. The Morgan fingerprint density at radius 3 is 2.22 bits per heavy atom. The molecule has 0 radical (unpaired) electrons. The van der Waals surface area contributed by atoms with Crippen molar-refractivity contribution in [3.63, 3.8) is 0 Å². The number of nitrogens with zero attached hydrogens (tertiary/aromatic N) is 1. The van der Waals surface area contributed by atoms with Crippen LogP contribution in [0.25, 0.3) is 0 Å². The highest BCUT2D eigenvalue weighted by Crippen LogP contribution is 2.58. The number of benzene rings is 1. The predicted molar refractivity (Wildman–Crippen MR) is 87.9 cm³/mol. The van der Waals surface area contributed by atoms with Gasteiger partial charge in [0.15, 0.2) is 0 Å². The molecule has 3 heteroatoms. The van der Waals surface area contributed by atoms with Gasteiger partial charge < -0.3 is 4.90 Å². The van der Waals surface area contributed by atoms with Crippen molar-refractivity contribution in [3.8, 4) is 0 Å². The van der Waals surface area contributed by atoms with Crippen LogP contribution in [0.2, 0.25) is 0 Å². The normalized spacial score (nSPS) is 41.8. The van der Waals surface area contributed by atoms with Crippen molar-refractivity contribution in [1.82, 2.24) is 0 Å². The van der Waals surface area contributed by atoms with Gasteiger partial charge in [0.05, 0.1) is 0 Å². The molecule has 0 aromatic heterocycles. The maximum Gasteiger partial charge on any atom is 0.230 e. The number of anilines is 1. The first-order valence-electron chi connectivity index (χ1n) is 9.19. The standard InChI is InChI=1S/C20H23NO2/c22-19-13-8-4-10-15-17(13)18-14(19)9-5-11-16(18)21(20(15)23)12-6-2-1-3-7-12/h1-3,6-7,13-18H,4-5,8-11H2. The summed E-state index contributed by atoms with van der Waals surface area (Å²) in [5.41, 5.74) is 1.03. The Hall–Kier alpha value is -1.64. The minimum atomic E-state index is 0.0854. The van der Waals surface area contributed by atoms with Gasteiger partial charge in [-0.2, -0.15) is 0 Å². The zero-order valence-electron chi connectivity index (χ0n) is 13.4. The summed E-state index contributed by atoms with van der Waals surface area (Å²) >= 11 is 0. The smallest absolute Gasteiger partial charge is 0.230 e. The van der Waals surface area contributed by atoms with Crippen LogP contribution in [0.15, 0.2) is 30.3 Å². The number of hydrogen-bond donors (Lipinski definition) is 0. The molecule has 1 heterocycles. The number of hydrogen-bond acceptors (Lipinski definition) is 2. The zero-order valence-corrected chi connectivity index (χ0v) is 13.4. The summed E-state index contributed by atoms with van der Waals surface area (Å²) in [7, 11) is 0. The molecule has 0 bridgehead atoms. The Kier molecular flexibility index (Phi) is 2.95. The van der Waals surface area contributed by atoms with Crippen LogP contribution in [-0.4, -0.2) is 17.7 Å². The van der Waals surface area contributed by atoms with Crippen molar-refractivity contribution in [3.05, 3.63) is 30.3 Å². The Labute approximate surface area is 137 Å². The lowest BCUT2D eigenvalue weighted by atomic mass is 9.62. The molecule has 23 heavy (non-hydrogen) atoms. The molecule has 3 saturated carbocycles. The third-order valence-corrected chi connectivity index (χ3v) is 6.98. The van der Waals surface area contributed by atoms with Gasteiger partial charge in [-0.1, -0.05) is 31.0 Å². The molecule has 120 valence electrons. The number of carbonyl (C=O) groups excluding carboxylic acids is 2. The van der Waals surface area contributed by atoms with E-state index in [-0.39, 0.29) is 23.8 Å². The molecule has 6 atom stereocenters. The van der Waals surface area contributed by atoms with Crippen LogP contribution in [0.5, 0.6) is 0 Å². The quantitative estimate of drug-likeness (QED) is 0.797. The van der Waals surface area contributed by atoms with E-state index in [0.717, 1.165) is 44.2 Å². The van der Waals surface area contributed by atoms with E-state index in [2.05, 4.69) is 17.0 Å². The summed E-state index contributed by atoms with van der Waals surface area (Å²) in [4.78, 5) is 28.3. The van der Waals surface area contributed by atoms with E-state index in [1.54, 1.807) is 0 Å². The zero-order chi connectivity index (χ0) is 15.6. The summed E-state index contributed by atoms with van der Waals surface area (Å²) in [6.07, 6.45) is 6.24. The molecule has 3 aliphatic carbocycles. The molecular weight excluding hydrogens is 286 g/mol. The predicted octanol–water partition coefficient (Wildman–Crippen LogP) is 3.43. The first-order chi connectivity index (χ1) is 11.3. The second kappa shape index (κ2) is 4.93. The molecule has 1 aromatic carbocycles. The number of ketones is 1. The first kappa shape index (κ1) is 13.8. The lowest BCUT2D eigenvalue weighted by Gasteiger charge is -2.51. The van der Waals surface area contributed by atoms with E-state index in [0.29, 0.717) is 23.5 Å². The summed E-state index contributed by atoms with van der Waals surface area (Å²) in [6, 6.07) is 10.4. The van der Waals surface area contributed by atoms with Crippen molar-refractivity contribution in [2.45, 2.75) is 44.6 Å². The average Bonchev–Trinajstić information content (AvgIpc) is 2.90. The molecule has 5 rings (SSSR count). The van der Waals surface area contributed by atoms with Crippen LogP contribution in [0, 0.1) is 29.6 Å². The first-order valence-corrected chi connectivity index (χ1v) is 9.19. The fraction of sp³-hybridized carbons (Fsp3) is 0.600. The SMILES string of the molecule is O=C1C2CCCC3C(=O)N(c4ccccc4)C4CCCC1C4C23. The van der Waals surface area contributed by atoms with Gasteiger partial charge in [-0.05, 0) is 49.7 Å². The monoisotopic (exact) mass is 309 g/mol. The van der Waals surface area contributed by atoms with Crippen LogP contribution in [-0.2, 0) is 9.59 Å². The van der Waals surface area contributed by atoms with Gasteiger partial charge in [-0.3, -0.25) is 9.59 Å². The second-order valence-corrected chi connectivity index (χ2v) is 7.85. The van der Waals surface area contributed by atoms with Gasteiger partial charge >= 0.3 is 0 Å². The Morgan fingerprint density at radius 2 is 1.43 bits per heavy atom. The fourth-order valence-electron chi connectivity index (χ4n) is 6.26. The van der Waals surface area contributed by atoms with Crippen LogP contribution in [0.3, 0.4) is 0 Å². The Morgan fingerprint density at radius 1 is 0.783 bits per heavy atom. The van der Waals surface area contributed by atoms with E-state index in [1.807, 2.05) is 18.2 Å². The van der Waals surface area contributed by atoms with Gasteiger partial charge in [-0.15, -0.1) is 0 Å². The average molecular weight is 309 g/mol. The van der Waals surface area contributed by atoms with E-state index < -0.39 is 0 Å². The lowest BCUT2D eigenvalue weighted by molar-refractivity contribution is -0.132. The highest BCUT2D eigenvalue weighted by molar-refractivity contribution is 5.99. The van der Waals surface area contributed by atoms with Crippen LogP contribution in [0.1, 0.15) is 38.5 Å². The number of rotatable bonds is 1. The van der Waals surface area contributed by atoms with Crippen LogP contribution < -0.4 is 4.90 Å². The molecule has 1 amide bonds. The number of amides is 1. The van der Waals surface area contributed by atoms with Crippen molar-refractivity contribution in [2.75, 3.05) is 4.90 Å². The minimum absolute atomic E-state index is 0.0854. The Balaban J connectivity index is 1.63. The molecule has 1 aliphatic heterocycles. The molecule has 0 spiro atoms. The summed E-state index contributed by atoms with van der Waals surface area (Å²) in [5, 5.41) is 0. The molecule has 4 aliphatic rings. The van der Waals surface area contributed by atoms with E-state index in [1.165, 1.54) is 0 Å². The molecule has 1 saturated heterocycles. The molecule has 1 aromatic rings. The maximum absolute atomic E-state index is 13.3. The number of carbonyl (C=O) groups is 2.